The summed E-state index contributed by atoms with van der Waals surface area (Å²) in [5.41, 5.74) is 6.75. The number of para-hydroxylation sites is 1. The first-order chi connectivity index (χ1) is 4.61. The SMILES string of the molecule is [2H]c1cc([2H])c(N)c(C)c1. The maximum atomic E-state index is 7.26. The Morgan fingerprint density at radius 3 is 3.12 bits per heavy atom. The molecule has 0 radical (unpaired) electrons. The number of nitrogens with two attached hydrogens (primary N) is 1. The van der Waals surface area contributed by atoms with Crippen LogP contribution in [-0.2, 0) is 0 Å². The fraction of sp³-hybridized carbons (Fsp3) is 0.143. The van der Waals surface area contributed by atoms with Crippen LogP contribution >= 0.6 is 0 Å². The normalized spacial score (nSPS) is 12.6. The predicted molar refractivity (Wildman–Crippen MR) is 35.6 cm³/mol. The first-order valence-electron chi connectivity index (χ1n) is 3.44. The summed E-state index contributed by atoms with van der Waals surface area (Å²) in [6.07, 6.45) is 0. The molecule has 1 rings (SSSR count). The van der Waals surface area contributed by atoms with Crippen LogP contribution in [0.4, 0.5) is 5.69 Å². The molecule has 1 nitrogen and oxygen atoms in total. The molecule has 0 heterocycles. The van der Waals surface area contributed by atoms with E-state index in [2.05, 4.69) is 0 Å². The molecule has 0 saturated heterocycles. The Labute approximate surface area is 51.9 Å². The Kier molecular flexibility index (Phi) is 0.729. The van der Waals surface area contributed by atoms with Crippen molar-refractivity contribution in [1.82, 2.24) is 0 Å². The second-order valence-corrected chi connectivity index (χ2v) is 1.70. The standard InChI is InChI=1S/C7H9N/c1-6-4-2-3-5-7(6)8/h2-5H,8H2,1H3/i2D,5D. The zero-order chi connectivity index (χ0) is 7.72. The highest BCUT2D eigenvalue weighted by molar-refractivity contribution is 5.44. The van der Waals surface area contributed by atoms with Crippen LogP contribution in [0, 0.1) is 6.92 Å². The van der Waals surface area contributed by atoms with E-state index in [0.29, 0.717) is 11.7 Å². The molecule has 42 valence electrons. The van der Waals surface area contributed by atoms with Gasteiger partial charge < -0.3 is 5.73 Å². The van der Waals surface area contributed by atoms with E-state index in [1.807, 2.05) is 0 Å². The highest BCUT2D eigenvalue weighted by atomic mass is 14.5. The molecule has 1 aromatic carbocycles. The first-order valence-corrected chi connectivity index (χ1v) is 2.44. The molecule has 0 unspecified atom stereocenters. The van der Waals surface area contributed by atoms with Gasteiger partial charge in [-0.15, -0.1) is 0 Å². The van der Waals surface area contributed by atoms with Crippen molar-refractivity contribution in [2.45, 2.75) is 6.92 Å². The molecule has 0 aliphatic carbocycles. The molecule has 0 fully saturated rings. The molecule has 0 aliphatic heterocycles. The van der Waals surface area contributed by atoms with Crippen molar-refractivity contribution < 1.29 is 2.74 Å². The van der Waals surface area contributed by atoms with Gasteiger partial charge in [0.25, 0.3) is 0 Å². The molecular formula is C7H9N. The Balaban J connectivity index is 3.31. The third kappa shape index (κ3) is 0.808. The molecular weight excluding hydrogens is 98.1 g/mol. The monoisotopic (exact) mass is 109 g/mol. The van der Waals surface area contributed by atoms with Gasteiger partial charge in [-0.2, -0.15) is 0 Å². The Hall–Kier alpha value is -0.980. The van der Waals surface area contributed by atoms with Crippen LogP contribution in [0.2, 0.25) is 0 Å². The van der Waals surface area contributed by atoms with E-state index in [4.69, 9.17) is 8.48 Å². The van der Waals surface area contributed by atoms with E-state index in [9.17, 15) is 0 Å². The quantitative estimate of drug-likeness (QED) is 0.503. The van der Waals surface area contributed by atoms with E-state index in [1.54, 1.807) is 13.0 Å². The molecule has 1 heteroatoms. The van der Waals surface area contributed by atoms with Crippen molar-refractivity contribution in [3.05, 3.63) is 29.8 Å². The zero-order valence-electron chi connectivity index (χ0n) is 6.73. The largest absolute Gasteiger partial charge is 0.399 e. The third-order valence-electron chi connectivity index (χ3n) is 1.04. The van der Waals surface area contributed by atoms with E-state index >= 15 is 0 Å². The maximum absolute atomic E-state index is 7.26. The number of nitrogen functional groups attached to an aromatic ring is 1. The van der Waals surface area contributed by atoms with Crippen LogP contribution in [0.25, 0.3) is 0 Å². The lowest BCUT2D eigenvalue weighted by atomic mass is 10.2. The van der Waals surface area contributed by atoms with Gasteiger partial charge >= 0.3 is 0 Å². The number of anilines is 1. The van der Waals surface area contributed by atoms with Crippen LogP contribution < -0.4 is 5.73 Å². The lowest BCUT2D eigenvalue weighted by Crippen LogP contribution is -1.85. The average Bonchev–Trinajstić information content (AvgIpc) is 1.82. The van der Waals surface area contributed by atoms with Gasteiger partial charge in [0.15, 0.2) is 0 Å². The highest BCUT2D eigenvalue weighted by Crippen LogP contribution is 2.06. The minimum absolute atomic E-state index is 0.241. The molecule has 2 N–H and O–H groups in total. The van der Waals surface area contributed by atoms with Crippen molar-refractivity contribution in [2.75, 3.05) is 5.73 Å². The van der Waals surface area contributed by atoms with Crippen LogP contribution in [0.5, 0.6) is 0 Å². The van der Waals surface area contributed by atoms with Gasteiger partial charge in [0.05, 0.1) is 2.74 Å². The van der Waals surface area contributed by atoms with Gasteiger partial charge in [-0.05, 0) is 18.5 Å². The summed E-state index contributed by atoms with van der Waals surface area (Å²) in [6.45, 7) is 1.80. The Morgan fingerprint density at radius 2 is 2.50 bits per heavy atom. The van der Waals surface area contributed by atoms with Crippen LogP contribution in [0.1, 0.15) is 8.30 Å². The molecule has 0 saturated carbocycles. The second-order valence-electron chi connectivity index (χ2n) is 1.70. The summed E-state index contributed by atoms with van der Waals surface area (Å²) in [4.78, 5) is 0. The van der Waals surface area contributed by atoms with Crippen molar-refractivity contribution in [1.29, 1.82) is 0 Å². The fourth-order valence-electron chi connectivity index (χ4n) is 0.478. The predicted octanol–water partition coefficient (Wildman–Crippen LogP) is 1.58. The number of benzene rings is 1. The molecule has 0 amide bonds. The van der Waals surface area contributed by atoms with Gasteiger partial charge in [-0.3, -0.25) is 0 Å². The van der Waals surface area contributed by atoms with Crippen LogP contribution in [0.15, 0.2) is 24.2 Å². The molecule has 0 bridgehead atoms. The molecule has 0 atom stereocenters. The highest BCUT2D eigenvalue weighted by Gasteiger charge is 1.84. The van der Waals surface area contributed by atoms with E-state index in [0.717, 1.165) is 5.56 Å². The summed E-state index contributed by atoms with van der Waals surface area (Å²) < 4.78 is 14.5. The summed E-state index contributed by atoms with van der Waals surface area (Å²) in [7, 11) is 0. The molecule has 0 aromatic heterocycles. The topological polar surface area (TPSA) is 26.0 Å². The summed E-state index contributed by atoms with van der Waals surface area (Å²) in [5, 5.41) is 0. The van der Waals surface area contributed by atoms with Gasteiger partial charge in [-0.25, -0.2) is 0 Å². The average molecular weight is 109 g/mol. The lowest BCUT2D eigenvalue weighted by Gasteiger charge is -1.93. The Morgan fingerprint density at radius 1 is 1.75 bits per heavy atom. The summed E-state index contributed by atoms with van der Waals surface area (Å²) in [6, 6.07) is 3.66. The van der Waals surface area contributed by atoms with E-state index in [-0.39, 0.29) is 6.04 Å². The maximum Gasteiger partial charge on any atom is 0.0645 e. The number of hydrogen-bond donors (Lipinski definition) is 1. The van der Waals surface area contributed by atoms with Crippen LogP contribution in [0.3, 0.4) is 0 Å². The number of hydrogen-bond acceptors (Lipinski definition) is 1. The van der Waals surface area contributed by atoms with E-state index < -0.39 is 0 Å². The van der Waals surface area contributed by atoms with Crippen molar-refractivity contribution in [2.24, 2.45) is 0 Å². The number of aryl methyl sites for hydroxylation is 1. The molecule has 0 aliphatic rings. The third-order valence-corrected chi connectivity index (χ3v) is 1.04. The van der Waals surface area contributed by atoms with Gasteiger partial charge in [-0.1, -0.05) is 18.2 Å². The summed E-state index contributed by atoms with van der Waals surface area (Å²) in [5.74, 6) is 0. The molecule has 0 spiro atoms. The van der Waals surface area contributed by atoms with Crippen molar-refractivity contribution in [3.63, 3.8) is 0 Å². The smallest absolute Gasteiger partial charge is 0.0645 e. The van der Waals surface area contributed by atoms with Crippen molar-refractivity contribution in [3.8, 4) is 0 Å². The number of rotatable bonds is 0. The van der Waals surface area contributed by atoms with Gasteiger partial charge in [0.2, 0.25) is 0 Å². The van der Waals surface area contributed by atoms with Gasteiger partial charge in [0, 0.05) is 5.69 Å². The zero-order valence-corrected chi connectivity index (χ0v) is 4.73. The van der Waals surface area contributed by atoms with Gasteiger partial charge in [0.1, 0.15) is 0 Å². The summed E-state index contributed by atoms with van der Waals surface area (Å²) >= 11 is 0. The second kappa shape index (κ2) is 1.86. The first kappa shape index (κ1) is 3.13. The minimum atomic E-state index is 0.241. The van der Waals surface area contributed by atoms with E-state index in [1.165, 1.54) is 6.07 Å². The minimum Gasteiger partial charge on any atom is -0.399 e. The Bertz CT molecular complexity index is 235. The van der Waals surface area contributed by atoms with Crippen molar-refractivity contribution >= 4 is 5.69 Å². The lowest BCUT2D eigenvalue weighted by molar-refractivity contribution is 1.47. The molecule has 8 heavy (non-hydrogen) atoms. The van der Waals surface area contributed by atoms with Crippen LogP contribution in [-0.4, -0.2) is 0 Å². The molecule has 1 aromatic rings. The fourth-order valence-corrected chi connectivity index (χ4v) is 0.478.